The topological polar surface area (TPSA) is 78.7 Å². The van der Waals surface area contributed by atoms with Crippen LogP contribution in [0.2, 0.25) is 0 Å². The Balaban J connectivity index is 1.32. The smallest absolute Gasteiger partial charge is 0.253 e. The van der Waals surface area contributed by atoms with Crippen LogP contribution in [0.25, 0.3) is 22.6 Å². The van der Waals surface area contributed by atoms with Gasteiger partial charge in [-0.3, -0.25) is 9.59 Å². The number of benzene rings is 2. The first-order chi connectivity index (χ1) is 17.4. The lowest BCUT2D eigenvalue weighted by Gasteiger charge is -2.34. The zero-order valence-corrected chi connectivity index (χ0v) is 21.9. The lowest BCUT2D eigenvalue weighted by Crippen LogP contribution is -2.43. The van der Waals surface area contributed by atoms with Crippen molar-refractivity contribution in [2.75, 3.05) is 39.3 Å². The van der Waals surface area contributed by atoms with Gasteiger partial charge in [-0.15, -0.1) is 0 Å². The number of fused-ring (bicyclic) bond motifs is 1. The third-order valence-electron chi connectivity index (χ3n) is 7.50. The molecule has 1 aliphatic heterocycles. The third-order valence-corrected chi connectivity index (χ3v) is 7.50. The number of likely N-dealkylation sites (N-methyl/N-ethyl adjacent to an activating group) is 1. The number of nitrogens with zero attached hydrogens (tertiary/aromatic N) is 3. The standard InChI is InChI=1S/C29H38N4O3/c1-5-32(6-2)18-15-30-27(34)21(4)22-13-16-33(17-14-22)29(35)24-11-12-26-25(19-24)31-28(36-26)23-9-7-20(3)8-10-23/h7-12,19,21-22H,5-6,13-18H2,1-4H3,(H,30,34)/t21-/m0/s1. The maximum absolute atomic E-state index is 13.2. The number of likely N-dealkylation sites (tertiary alicyclic amines) is 1. The van der Waals surface area contributed by atoms with Gasteiger partial charge in [-0.2, -0.15) is 0 Å². The van der Waals surface area contributed by atoms with E-state index < -0.39 is 0 Å². The zero-order valence-electron chi connectivity index (χ0n) is 21.9. The molecule has 36 heavy (non-hydrogen) atoms. The number of aryl methyl sites for hydroxylation is 1. The van der Waals surface area contributed by atoms with Crippen molar-refractivity contribution in [3.05, 3.63) is 53.6 Å². The van der Waals surface area contributed by atoms with Gasteiger partial charge in [0.2, 0.25) is 11.8 Å². The summed E-state index contributed by atoms with van der Waals surface area (Å²) in [6.45, 7) is 13.2. The van der Waals surface area contributed by atoms with Crippen molar-refractivity contribution in [1.29, 1.82) is 0 Å². The number of aromatic nitrogens is 1. The van der Waals surface area contributed by atoms with Crippen molar-refractivity contribution >= 4 is 22.9 Å². The van der Waals surface area contributed by atoms with E-state index >= 15 is 0 Å². The van der Waals surface area contributed by atoms with Gasteiger partial charge >= 0.3 is 0 Å². The summed E-state index contributed by atoms with van der Waals surface area (Å²) < 4.78 is 5.91. The van der Waals surface area contributed by atoms with Crippen molar-refractivity contribution in [3.63, 3.8) is 0 Å². The molecule has 2 heterocycles. The Hall–Kier alpha value is -3.19. The maximum atomic E-state index is 13.2. The van der Waals surface area contributed by atoms with Gasteiger partial charge in [0.15, 0.2) is 5.58 Å². The van der Waals surface area contributed by atoms with E-state index in [1.54, 1.807) is 0 Å². The second kappa shape index (κ2) is 11.7. The highest BCUT2D eigenvalue weighted by Crippen LogP contribution is 2.28. The fraction of sp³-hybridized carbons (Fsp3) is 0.483. The largest absolute Gasteiger partial charge is 0.436 e. The Kier molecular flexibility index (Phi) is 8.41. The number of oxazole rings is 1. The van der Waals surface area contributed by atoms with Crippen LogP contribution >= 0.6 is 0 Å². The van der Waals surface area contributed by atoms with Gasteiger partial charge in [0.25, 0.3) is 5.91 Å². The Labute approximate surface area is 213 Å². The van der Waals surface area contributed by atoms with E-state index in [2.05, 4.69) is 29.0 Å². The predicted octanol–water partition coefficient (Wildman–Crippen LogP) is 4.75. The van der Waals surface area contributed by atoms with Crippen LogP contribution in [-0.2, 0) is 4.79 Å². The van der Waals surface area contributed by atoms with E-state index in [1.165, 1.54) is 5.56 Å². The number of rotatable bonds is 9. The molecule has 4 rings (SSSR count). The van der Waals surface area contributed by atoms with E-state index in [9.17, 15) is 9.59 Å². The van der Waals surface area contributed by atoms with Crippen LogP contribution in [0, 0.1) is 18.8 Å². The number of nitrogens with one attached hydrogen (secondary N) is 1. The first-order valence-electron chi connectivity index (χ1n) is 13.2. The van der Waals surface area contributed by atoms with E-state index in [1.807, 2.05) is 61.2 Å². The Morgan fingerprint density at radius 2 is 1.81 bits per heavy atom. The van der Waals surface area contributed by atoms with Gasteiger partial charge in [0, 0.05) is 43.2 Å². The second-order valence-corrected chi connectivity index (χ2v) is 9.80. The zero-order chi connectivity index (χ0) is 25.7. The first-order valence-corrected chi connectivity index (χ1v) is 13.2. The van der Waals surface area contributed by atoms with Crippen molar-refractivity contribution in [2.45, 2.75) is 40.5 Å². The second-order valence-electron chi connectivity index (χ2n) is 9.80. The van der Waals surface area contributed by atoms with Crippen LogP contribution in [0.4, 0.5) is 0 Å². The minimum Gasteiger partial charge on any atom is -0.436 e. The first kappa shape index (κ1) is 25.9. The molecule has 0 unspecified atom stereocenters. The summed E-state index contributed by atoms with van der Waals surface area (Å²) in [6.07, 6.45) is 1.67. The molecule has 7 nitrogen and oxygen atoms in total. The summed E-state index contributed by atoms with van der Waals surface area (Å²) in [6, 6.07) is 13.5. The normalized spacial score (nSPS) is 15.4. The SMILES string of the molecule is CCN(CC)CCNC(=O)[C@@H](C)C1CCN(C(=O)c2ccc3oc(-c4ccc(C)cc4)nc3c2)CC1. The molecule has 0 radical (unpaired) electrons. The molecule has 7 heteroatoms. The summed E-state index contributed by atoms with van der Waals surface area (Å²) in [5.41, 5.74) is 4.06. The Morgan fingerprint density at radius 1 is 1.11 bits per heavy atom. The van der Waals surface area contributed by atoms with Crippen molar-refractivity contribution in [2.24, 2.45) is 11.8 Å². The molecule has 1 saturated heterocycles. The van der Waals surface area contributed by atoms with Crippen molar-refractivity contribution in [1.82, 2.24) is 20.1 Å². The molecule has 0 saturated carbocycles. The van der Waals surface area contributed by atoms with E-state index in [0.717, 1.165) is 38.0 Å². The van der Waals surface area contributed by atoms with Crippen molar-refractivity contribution < 1.29 is 14.0 Å². The molecule has 3 aromatic rings. The lowest BCUT2D eigenvalue weighted by molar-refractivity contribution is -0.126. The molecule has 1 fully saturated rings. The van der Waals surface area contributed by atoms with Crippen LogP contribution in [-0.4, -0.2) is 65.9 Å². The molecule has 0 bridgehead atoms. The highest BCUT2D eigenvalue weighted by Gasteiger charge is 2.30. The van der Waals surface area contributed by atoms with E-state index in [-0.39, 0.29) is 23.7 Å². The van der Waals surface area contributed by atoms with Crippen LogP contribution < -0.4 is 5.32 Å². The third kappa shape index (κ3) is 5.95. The quantitative estimate of drug-likeness (QED) is 0.468. The molecular weight excluding hydrogens is 452 g/mol. The lowest BCUT2D eigenvalue weighted by atomic mass is 9.84. The van der Waals surface area contributed by atoms with Crippen LogP contribution in [0.3, 0.4) is 0 Å². The number of piperidine rings is 1. The summed E-state index contributed by atoms with van der Waals surface area (Å²) in [4.78, 5) is 34.7. The minimum atomic E-state index is -0.0503. The van der Waals surface area contributed by atoms with Crippen LogP contribution in [0.1, 0.15) is 49.5 Å². The molecule has 1 aromatic heterocycles. The number of hydrogen-bond donors (Lipinski definition) is 1. The molecule has 1 atom stereocenters. The average Bonchev–Trinajstić information content (AvgIpc) is 3.34. The number of carbonyl (C=O) groups is 2. The molecule has 1 aliphatic rings. The minimum absolute atomic E-state index is 0.00608. The van der Waals surface area contributed by atoms with Gasteiger partial charge in [0.05, 0.1) is 0 Å². The molecule has 2 amide bonds. The predicted molar refractivity (Wildman–Crippen MR) is 143 cm³/mol. The van der Waals surface area contributed by atoms with Gasteiger partial charge in [-0.25, -0.2) is 4.98 Å². The average molecular weight is 491 g/mol. The van der Waals surface area contributed by atoms with Crippen LogP contribution in [0.15, 0.2) is 46.9 Å². The summed E-state index contributed by atoms with van der Waals surface area (Å²) in [7, 11) is 0. The fourth-order valence-electron chi connectivity index (χ4n) is 4.92. The van der Waals surface area contributed by atoms with Crippen LogP contribution in [0.5, 0.6) is 0 Å². The molecule has 0 spiro atoms. The highest BCUT2D eigenvalue weighted by atomic mass is 16.3. The van der Waals surface area contributed by atoms with E-state index in [4.69, 9.17) is 4.42 Å². The fourth-order valence-corrected chi connectivity index (χ4v) is 4.92. The van der Waals surface area contributed by atoms with Gasteiger partial charge in [0.1, 0.15) is 5.52 Å². The number of carbonyl (C=O) groups excluding carboxylic acids is 2. The molecule has 2 aromatic carbocycles. The summed E-state index contributed by atoms with van der Waals surface area (Å²) in [5, 5.41) is 3.10. The monoisotopic (exact) mass is 490 g/mol. The maximum Gasteiger partial charge on any atom is 0.253 e. The number of amides is 2. The highest BCUT2D eigenvalue weighted by molar-refractivity contribution is 5.97. The Morgan fingerprint density at radius 3 is 2.47 bits per heavy atom. The van der Waals surface area contributed by atoms with E-state index in [0.29, 0.717) is 42.2 Å². The van der Waals surface area contributed by atoms with Gasteiger partial charge in [-0.05, 0) is 69.1 Å². The van der Waals surface area contributed by atoms with Crippen molar-refractivity contribution in [3.8, 4) is 11.5 Å². The van der Waals surface area contributed by atoms with Gasteiger partial charge < -0.3 is 19.5 Å². The van der Waals surface area contributed by atoms with Gasteiger partial charge in [-0.1, -0.05) is 38.5 Å². The molecular formula is C29H38N4O3. The molecule has 192 valence electrons. The molecule has 1 N–H and O–H groups in total. The number of hydrogen-bond acceptors (Lipinski definition) is 5. The summed E-state index contributed by atoms with van der Waals surface area (Å²) in [5.74, 6) is 0.919. The Bertz CT molecular complexity index is 1170. The summed E-state index contributed by atoms with van der Waals surface area (Å²) >= 11 is 0. The molecule has 0 aliphatic carbocycles.